The molecular formula is C24H30N8O4. The van der Waals surface area contributed by atoms with E-state index < -0.39 is 6.09 Å². The minimum Gasteiger partial charge on any atom is -0.465 e. The summed E-state index contributed by atoms with van der Waals surface area (Å²) in [6.45, 7) is 5.02. The number of aromatic nitrogens is 4. The first kappa shape index (κ1) is 23.8. The molecule has 3 N–H and O–H groups in total. The number of likely N-dealkylation sites (tertiary alicyclic amines) is 1. The van der Waals surface area contributed by atoms with Crippen LogP contribution in [0.25, 0.3) is 22.4 Å². The Bertz CT molecular complexity index is 1250. The van der Waals surface area contributed by atoms with Crippen molar-refractivity contribution >= 4 is 34.7 Å². The van der Waals surface area contributed by atoms with Crippen molar-refractivity contribution in [3.63, 3.8) is 0 Å². The van der Waals surface area contributed by atoms with E-state index in [1.807, 2.05) is 42.1 Å². The molecule has 36 heavy (non-hydrogen) atoms. The lowest BCUT2D eigenvalue weighted by atomic mass is 10.1. The monoisotopic (exact) mass is 494 g/mol. The van der Waals surface area contributed by atoms with Crippen LogP contribution in [0, 0.1) is 0 Å². The quantitative estimate of drug-likeness (QED) is 0.503. The van der Waals surface area contributed by atoms with Crippen LogP contribution in [0.2, 0.25) is 0 Å². The third kappa shape index (κ3) is 4.76. The van der Waals surface area contributed by atoms with Gasteiger partial charge in [0, 0.05) is 44.5 Å². The molecule has 3 amide bonds. The predicted molar refractivity (Wildman–Crippen MR) is 134 cm³/mol. The van der Waals surface area contributed by atoms with Gasteiger partial charge >= 0.3 is 12.1 Å². The second kappa shape index (κ2) is 9.97. The van der Waals surface area contributed by atoms with E-state index in [4.69, 9.17) is 19.8 Å². The number of anilines is 2. The Morgan fingerprint density at radius 2 is 1.86 bits per heavy atom. The fourth-order valence-electron chi connectivity index (χ4n) is 4.76. The van der Waals surface area contributed by atoms with Crippen molar-refractivity contribution in [2.24, 2.45) is 0 Å². The number of benzene rings is 1. The van der Waals surface area contributed by atoms with E-state index in [0.29, 0.717) is 57.1 Å². The van der Waals surface area contributed by atoms with Crippen LogP contribution < -0.4 is 15.5 Å². The van der Waals surface area contributed by atoms with E-state index in [2.05, 4.69) is 15.5 Å². The molecule has 0 bridgehead atoms. The van der Waals surface area contributed by atoms with Crippen molar-refractivity contribution in [2.75, 3.05) is 50.1 Å². The van der Waals surface area contributed by atoms with Crippen LogP contribution in [0.15, 0.2) is 30.5 Å². The number of carbonyl (C=O) groups is 2. The zero-order chi connectivity index (χ0) is 25.2. The number of amides is 3. The molecule has 12 heteroatoms. The molecule has 2 aromatic heterocycles. The third-order valence-corrected chi connectivity index (χ3v) is 6.68. The molecular weight excluding hydrogens is 464 g/mol. The Labute approximate surface area is 208 Å². The molecule has 2 aliphatic heterocycles. The summed E-state index contributed by atoms with van der Waals surface area (Å²) in [6.07, 6.45) is 2.35. The first-order chi connectivity index (χ1) is 17.4. The van der Waals surface area contributed by atoms with Gasteiger partial charge < -0.3 is 30.3 Å². The zero-order valence-electron chi connectivity index (χ0n) is 20.3. The number of rotatable bonds is 4. The number of fused-ring (bicyclic) bond motifs is 1. The summed E-state index contributed by atoms with van der Waals surface area (Å²) in [4.78, 5) is 36.5. The molecule has 2 aliphatic rings. The lowest BCUT2D eigenvalue weighted by Gasteiger charge is -2.32. The largest absolute Gasteiger partial charge is 0.465 e. The van der Waals surface area contributed by atoms with E-state index >= 15 is 0 Å². The Hall–Kier alpha value is -3.93. The van der Waals surface area contributed by atoms with Crippen LogP contribution in [0.4, 0.5) is 21.1 Å². The summed E-state index contributed by atoms with van der Waals surface area (Å²) in [5.41, 5.74) is 2.21. The van der Waals surface area contributed by atoms with Crippen LogP contribution >= 0.6 is 0 Å². The highest BCUT2D eigenvalue weighted by atomic mass is 16.5. The van der Waals surface area contributed by atoms with Crippen LogP contribution in [-0.4, -0.2) is 87.8 Å². The molecule has 190 valence electrons. The maximum absolute atomic E-state index is 11.6. The Balaban J connectivity index is 1.53. The van der Waals surface area contributed by atoms with Crippen molar-refractivity contribution in [3.8, 4) is 11.4 Å². The summed E-state index contributed by atoms with van der Waals surface area (Å²) < 4.78 is 7.67. The SMILES string of the molecule is CNC(=O)Nc1ccc(-c2nc(N3CCOC(C)C3)c3cnn(C4CCN(C(=O)O)CC4)c3n2)cc1. The number of piperidine rings is 1. The molecule has 0 radical (unpaired) electrons. The molecule has 1 atom stereocenters. The highest BCUT2D eigenvalue weighted by Crippen LogP contribution is 2.32. The average molecular weight is 495 g/mol. The number of hydrogen-bond donors (Lipinski definition) is 3. The highest BCUT2D eigenvalue weighted by molar-refractivity contribution is 5.90. The molecule has 3 aromatic rings. The number of nitrogens with one attached hydrogen (secondary N) is 2. The van der Waals surface area contributed by atoms with Crippen molar-refractivity contribution < 1.29 is 19.4 Å². The summed E-state index contributed by atoms with van der Waals surface area (Å²) in [5.74, 6) is 1.37. The minimum atomic E-state index is -0.888. The summed E-state index contributed by atoms with van der Waals surface area (Å²) in [7, 11) is 1.56. The van der Waals surface area contributed by atoms with E-state index in [1.54, 1.807) is 7.05 Å². The Morgan fingerprint density at radius 1 is 1.11 bits per heavy atom. The van der Waals surface area contributed by atoms with E-state index in [1.165, 1.54) is 4.90 Å². The van der Waals surface area contributed by atoms with Crippen LogP contribution in [0.5, 0.6) is 0 Å². The maximum Gasteiger partial charge on any atom is 0.407 e. The van der Waals surface area contributed by atoms with Crippen LogP contribution in [-0.2, 0) is 4.74 Å². The molecule has 5 rings (SSSR count). The van der Waals surface area contributed by atoms with Gasteiger partial charge in [0.25, 0.3) is 0 Å². The first-order valence-corrected chi connectivity index (χ1v) is 12.1. The third-order valence-electron chi connectivity index (χ3n) is 6.68. The lowest BCUT2D eigenvalue weighted by molar-refractivity contribution is 0.0530. The summed E-state index contributed by atoms with van der Waals surface area (Å²) in [5, 5.41) is 20.2. The van der Waals surface area contributed by atoms with Gasteiger partial charge in [0.05, 0.1) is 30.3 Å². The maximum atomic E-state index is 11.6. The van der Waals surface area contributed by atoms with Gasteiger partial charge in [-0.15, -0.1) is 0 Å². The Kier molecular flexibility index (Phi) is 6.59. The van der Waals surface area contributed by atoms with Crippen LogP contribution in [0.3, 0.4) is 0 Å². The highest BCUT2D eigenvalue weighted by Gasteiger charge is 2.28. The van der Waals surface area contributed by atoms with Gasteiger partial charge in [-0.25, -0.2) is 24.2 Å². The molecule has 1 aromatic carbocycles. The number of nitrogens with zero attached hydrogens (tertiary/aromatic N) is 6. The molecule has 0 aliphatic carbocycles. The van der Waals surface area contributed by atoms with E-state index in [-0.39, 0.29) is 18.2 Å². The summed E-state index contributed by atoms with van der Waals surface area (Å²) >= 11 is 0. The van der Waals surface area contributed by atoms with E-state index in [0.717, 1.165) is 22.4 Å². The minimum absolute atomic E-state index is 0.0523. The van der Waals surface area contributed by atoms with Crippen LogP contribution in [0.1, 0.15) is 25.8 Å². The zero-order valence-corrected chi connectivity index (χ0v) is 20.3. The molecule has 0 spiro atoms. The van der Waals surface area contributed by atoms with Gasteiger partial charge in [-0.3, -0.25) is 0 Å². The fraction of sp³-hybridized carbons (Fsp3) is 0.458. The van der Waals surface area contributed by atoms with Crippen molar-refractivity contribution in [3.05, 3.63) is 30.5 Å². The fourth-order valence-corrected chi connectivity index (χ4v) is 4.76. The molecule has 1 unspecified atom stereocenters. The van der Waals surface area contributed by atoms with Gasteiger partial charge in [-0.2, -0.15) is 5.10 Å². The van der Waals surface area contributed by atoms with Gasteiger partial charge in [0.2, 0.25) is 0 Å². The van der Waals surface area contributed by atoms with Gasteiger partial charge in [0.15, 0.2) is 11.5 Å². The van der Waals surface area contributed by atoms with Gasteiger partial charge in [0.1, 0.15) is 5.82 Å². The number of carbonyl (C=O) groups excluding carboxylic acids is 1. The van der Waals surface area contributed by atoms with Crippen molar-refractivity contribution in [1.82, 2.24) is 30.0 Å². The average Bonchev–Trinajstić information content (AvgIpc) is 3.32. The summed E-state index contributed by atoms with van der Waals surface area (Å²) in [6, 6.07) is 7.15. The molecule has 12 nitrogen and oxygen atoms in total. The topological polar surface area (TPSA) is 138 Å². The molecule has 2 fully saturated rings. The number of morpholine rings is 1. The standard InChI is InChI=1S/C24H30N8O4/c1-15-14-31(11-12-36-15)21-19-13-26-32(18-7-9-30(10-8-18)24(34)35)22(19)29-20(28-21)16-3-5-17(6-4-16)27-23(33)25-2/h3-6,13,15,18H,7-12,14H2,1-2H3,(H,34,35)(H2,25,27,33). The second-order valence-corrected chi connectivity index (χ2v) is 9.11. The molecule has 2 saturated heterocycles. The first-order valence-electron chi connectivity index (χ1n) is 12.1. The molecule has 4 heterocycles. The Morgan fingerprint density at radius 3 is 2.53 bits per heavy atom. The smallest absolute Gasteiger partial charge is 0.407 e. The number of carboxylic acid groups (broad SMARTS) is 1. The number of hydrogen-bond acceptors (Lipinski definition) is 7. The van der Waals surface area contributed by atoms with E-state index in [9.17, 15) is 14.7 Å². The molecule has 0 saturated carbocycles. The number of urea groups is 1. The van der Waals surface area contributed by atoms with Crippen molar-refractivity contribution in [1.29, 1.82) is 0 Å². The lowest BCUT2D eigenvalue weighted by Crippen LogP contribution is -2.41. The normalized spacial score (nSPS) is 18.9. The van der Waals surface area contributed by atoms with Gasteiger partial charge in [-0.05, 0) is 44.0 Å². The van der Waals surface area contributed by atoms with Crippen molar-refractivity contribution in [2.45, 2.75) is 31.9 Å². The van der Waals surface area contributed by atoms with Gasteiger partial charge in [-0.1, -0.05) is 0 Å². The second-order valence-electron chi connectivity index (χ2n) is 9.11. The number of ether oxygens (including phenoxy) is 1. The predicted octanol–water partition coefficient (Wildman–Crippen LogP) is 2.78.